The second-order valence-electron chi connectivity index (χ2n) is 4.05. The summed E-state index contributed by atoms with van der Waals surface area (Å²) in [6, 6.07) is 6.45. The molecule has 1 unspecified atom stereocenters. The largest absolute Gasteiger partial charge is 0.494 e. The van der Waals surface area contributed by atoms with Gasteiger partial charge in [0.25, 0.3) is 0 Å². The summed E-state index contributed by atoms with van der Waals surface area (Å²) in [5, 5.41) is 0. The minimum atomic E-state index is 0.0954. The van der Waals surface area contributed by atoms with Crippen molar-refractivity contribution in [1.82, 2.24) is 0 Å². The first-order chi connectivity index (χ1) is 7.72. The smallest absolute Gasteiger partial charge is 0.124 e. The summed E-state index contributed by atoms with van der Waals surface area (Å²) in [5.41, 5.74) is 8.66. The van der Waals surface area contributed by atoms with Gasteiger partial charge in [-0.05, 0) is 31.4 Å². The van der Waals surface area contributed by atoms with Gasteiger partial charge in [-0.25, -0.2) is 0 Å². The maximum Gasteiger partial charge on any atom is 0.124 e. The number of hydrogen-bond donors (Lipinski definition) is 1. The molecule has 0 heterocycles. The predicted octanol–water partition coefficient (Wildman–Crippen LogP) is 3.45. The Morgan fingerprint density at radius 3 is 2.56 bits per heavy atom. The monoisotopic (exact) mass is 221 g/mol. The first kappa shape index (κ1) is 13.0. The average molecular weight is 221 g/mol. The van der Waals surface area contributed by atoms with E-state index in [9.17, 15) is 0 Å². The second-order valence-corrected chi connectivity index (χ2v) is 4.05. The summed E-state index contributed by atoms with van der Waals surface area (Å²) in [7, 11) is 0. The molecule has 2 N–H and O–H groups in total. The van der Waals surface area contributed by atoms with Crippen molar-refractivity contribution in [1.29, 1.82) is 0 Å². The van der Waals surface area contributed by atoms with Crippen molar-refractivity contribution in [3.63, 3.8) is 0 Å². The Morgan fingerprint density at radius 1 is 1.25 bits per heavy atom. The molecule has 2 nitrogen and oxygen atoms in total. The van der Waals surface area contributed by atoms with E-state index in [1.807, 2.05) is 13.0 Å². The van der Waals surface area contributed by atoms with Gasteiger partial charge in [0.15, 0.2) is 0 Å². The third-order valence-corrected chi connectivity index (χ3v) is 2.78. The molecule has 1 atom stereocenters. The molecule has 0 radical (unpaired) electrons. The van der Waals surface area contributed by atoms with Gasteiger partial charge in [-0.2, -0.15) is 0 Å². The van der Waals surface area contributed by atoms with Crippen LogP contribution in [-0.4, -0.2) is 6.61 Å². The quantitative estimate of drug-likeness (QED) is 0.798. The molecule has 0 aromatic heterocycles. The number of benzene rings is 1. The second kappa shape index (κ2) is 6.54. The van der Waals surface area contributed by atoms with Crippen LogP contribution in [0.25, 0.3) is 0 Å². The molecule has 1 aromatic rings. The summed E-state index contributed by atoms with van der Waals surface area (Å²) in [4.78, 5) is 0. The lowest BCUT2D eigenvalue weighted by Gasteiger charge is -2.17. The van der Waals surface area contributed by atoms with Gasteiger partial charge < -0.3 is 10.5 Å². The molecular formula is C14H23NO. The Morgan fingerprint density at radius 2 is 2.00 bits per heavy atom. The highest BCUT2D eigenvalue weighted by molar-refractivity contribution is 5.39. The van der Waals surface area contributed by atoms with Gasteiger partial charge in [0, 0.05) is 11.6 Å². The van der Waals surface area contributed by atoms with Crippen LogP contribution in [0.1, 0.15) is 50.8 Å². The van der Waals surface area contributed by atoms with Crippen molar-refractivity contribution in [3.8, 4) is 5.75 Å². The average Bonchev–Trinajstić information content (AvgIpc) is 2.30. The minimum absolute atomic E-state index is 0.0954. The lowest BCUT2D eigenvalue weighted by atomic mass is 9.99. The molecule has 0 aliphatic carbocycles. The van der Waals surface area contributed by atoms with Crippen molar-refractivity contribution < 1.29 is 4.74 Å². The van der Waals surface area contributed by atoms with Gasteiger partial charge in [0.05, 0.1) is 6.61 Å². The van der Waals surface area contributed by atoms with Crippen molar-refractivity contribution in [2.75, 3.05) is 6.61 Å². The molecule has 0 spiro atoms. The molecule has 1 rings (SSSR count). The van der Waals surface area contributed by atoms with Gasteiger partial charge in [0.2, 0.25) is 0 Å². The van der Waals surface area contributed by atoms with E-state index >= 15 is 0 Å². The van der Waals surface area contributed by atoms with Gasteiger partial charge in [-0.1, -0.05) is 32.4 Å². The zero-order chi connectivity index (χ0) is 12.0. The fourth-order valence-electron chi connectivity index (χ4n) is 1.86. The van der Waals surface area contributed by atoms with Gasteiger partial charge in [-0.3, -0.25) is 0 Å². The number of hydrogen-bond acceptors (Lipinski definition) is 2. The molecule has 0 bridgehead atoms. The van der Waals surface area contributed by atoms with Crippen LogP contribution in [0, 0.1) is 0 Å². The Bertz CT molecular complexity index is 323. The topological polar surface area (TPSA) is 35.2 Å². The highest BCUT2D eigenvalue weighted by atomic mass is 16.5. The third-order valence-electron chi connectivity index (χ3n) is 2.78. The molecule has 0 aliphatic heterocycles. The summed E-state index contributed by atoms with van der Waals surface area (Å²) in [6.45, 7) is 7.01. The van der Waals surface area contributed by atoms with Crippen molar-refractivity contribution in [3.05, 3.63) is 29.3 Å². The number of rotatable bonds is 6. The summed E-state index contributed by atoms with van der Waals surface area (Å²) >= 11 is 0. The summed E-state index contributed by atoms with van der Waals surface area (Å²) in [6.07, 6.45) is 3.15. The first-order valence-corrected chi connectivity index (χ1v) is 6.24. The van der Waals surface area contributed by atoms with E-state index in [1.54, 1.807) is 0 Å². The molecule has 0 saturated carbocycles. The molecule has 16 heavy (non-hydrogen) atoms. The number of ether oxygens (including phenoxy) is 1. The van der Waals surface area contributed by atoms with Gasteiger partial charge >= 0.3 is 0 Å². The first-order valence-electron chi connectivity index (χ1n) is 6.24. The summed E-state index contributed by atoms with van der Waals surface area (Å²) in [5.74, 6) is 0.945. The van der Waals surface area contributed by atoms with Gasteiger partial charge in [-0.15, -0.1) is 0 Å². The molecular weight excluding hydrogens is 198 g/mol. The molecule has 2 heteroatoms. The van der Waals surface area contributed by atoms with Crippen LogP contribution >= 0.6 is 0 Å². The van der Waals surface area contributed by atoms with Crippen molar-refractivity contribution >= 4 is 0 Å². The van der Waals surface area contributed by atoms with E-state index < -0.39 is 0 Å². The van der Waals surface area contributed by atoms with E-state index in [0.717, 1.165) is 30.6 Å². The van der Waals surface area contributed by atoms with Crippen LogP contribution in [-0.2, 0) is 6.42 Å². The molecule has 90 valence electrons. The SMILES string of the molecule is CCCC(N)c1cc(CC)ccc1OCC. The van der Waals surface area contributed by atoms with E-state index in [1.165, 1.54) is 5.56 Å². The van der Waals surface area contributed by atoms with Crippen LogP contribution in [0.2, 0.25) is 0 Å². The fourth-order valence-corrected chi connectivity index (χ4v) is 1.86. The normalized spacial score (nSPS) is 12.5. The lowest BCUT2D eigenvalue weighted by Crippen LogP contribution is -2.12. The zero-order valence-corrected chi connectivity index (χ0v) is 10.6. The fraction of sp³-hybridized carbons (Fsp3) is 0.571. The standard InChI is InChI=1S/C14H23NO/c1-4-7-13(15)12-10-11(5-2)8-9-14(12)16-6-3/h8-10,13H,4-7,15H2,1-3H3. The lowest BCUT2D eigenvalue weighted by molar-refractivity contribution is 0.333. The summed E-state index contributed by atoms with van der Waals surface area (Å²) < 4.78 is 5.62. The van der Waals surface area contributed by atoms with E-state index in [-0.39, 0.29) is 6.04 Å². The maximum atomic E-state index is 6.18. The van der Waals surface area contributed by atoms with Crippen LogP contribution in [0.5, 0.6) is 5.75 Å². The Hall–Kier alpha value is -1.02. The van der Waals surface area contributed by atoms with Crippen LogP contribution in [0.3, 0.4) is 0 Å². The Balaban J connectivity index is 2.99. The third kappa shape index (κ3) is 3.24. The molecule has 0 aliphatic rings. The molecule has 0 amide bonds. The number of aryl methyl sites for hydroxylation is 1. The van der Waals surface area contributed by atoms with Crippen molar-refractivity contribution in [2.45, 2.75) is 46.1 Å². The van der Waals surface area contributed by atoms with Crippen molar-refractivity contribution in [2.24, 2.45) is 5.73 Å². The van der Waals surface area contributed by atoms with Crippen LogP contribution in [0.4, 0.5) is 0 Å². The highest BCUT2D eigenvalue weighted by Gasteiger charge is 2.11. The minimum Gasteiger partial charge on any atom is -0.494 e. The van der Waals surface area contributed by atoms with Gasteiger partial charge in [0.1, 0.15) is 5.75 Å². The maximum absolute atomic E-state index is 6.18. The zero-order valence-electron chi connectivity index (χ0n) is 10.6. The van der Waals surface area contributed by atoms with Crippen LogP contribution in [0.15, 0.2) is 18.2 Å². The number of nitrogens with two attached hydrogens (primary N) is 1. The van der Waals surface area contributed by atoms with Crippen LogP contribution < -0.4 is 10.5 Å². The predicted molar refractivity (Wildman–Crippen MR) is 68.8 cm³/mol. The highest BCUT2D eigenvalue weighted by Crippen LogP contribution is 2.28. The molecule has 1 aromatic carbocycles. The van der Waals surface area contributed by atoms with E-state index in [4.69, 9.17) is 10.5 Å². The molecule has 0 saturated heterocycles. The Labute approximate surface area is 98.8 Å². The Kier molecular flexibility index (Phi) is 5.33. The van der Waals surface area contributed by atoms with E-state index in [0.29, 0.717) is 6.61 Å². The molecule has 0 fully saturated rings. The van der Waals surface area contributed by atoms with E-state index in [2.05, 4.69) is 26.0 Å².